The van der Waals surface area contributed by atoms with Crippen molar-refractivity contribution in [3.8, 4) is 5.75 Å². The Bertz CT molecular complexity index is 517. The van der Waals surface area contributed by atoms with E-state index in [0.29, 0.717) is 11.6 Å². The molecule has 0 spiro atoms. The van der Waals surface area contributed by atoms with Crippen molar-refractivity contribution in [3.05, 3.63) is 50.1 Å². The van der Waals surface area contributed by atoms with Crippen LogP contribution in [0.2, 0.25) is 5.02 Å². The van der Waals surface area contributed by atoms with Gasteiger partial charge in [-0.1, -0.05) is 17.7 Å². The van der Waals surface area contributed by atoms with Crippen molar-refractivity contribution in [2.45, 2.75) is 12.5 Å². The van der Waals surface area contributed by atoms with Crippen molar-refractivity contribution in [2.24, 2.45) is 5.73 Å². The normalized spacial score (nSPS) is 12.4. The number of rotatable bonds is 5. The third-order valence-corrected chi connectivity index (χ3v) is 4.58. The van der Waals surface area contributed by atoms with Crippen molar-refractivity contribution < 1.29 is 4.74 Å². The topological polar surface area (TPSA) is 35.2 Å². The summed E-state index contributed by atoms with van der Waals surface area (Å²) in [5, 5.41) is 2.71. The Hall–Kier alpha value is -0.550. The van der Waals surface area contributed by atoms with Gasteiger partial charge in [0.25, 0.3) is 0 Å². The summed E-state index contributed by atoms with van der Waals surface area (Å²) in [7, 11) is 0. The van der Waals surface area contributed by atoms with Gasteiger partial charge in [-0.2, -0.15) is 0 Å². The van der Waals surface area contributed by atoms with Gasteiger partial charge in [-0.15, -0.1) is 11.3 Å². The Labute approximate surface area is 124 Å². The van der Waals surface area contributed by atoms with E-state index in [0.717, 1.165) is 16.6 Å². The zero-order valence-electron chi connectivity index (χ0n) is 9.61. The fourth-order valence-corrected chi connectivity index (χ4v) is 3.32. The Morgan fingerprint density at radius 3 is 2.89 bits per heavy atom. The van der Waals surface area contributed by atoms with E-state index in [1.807, 2.05) is 29.6 Å². The number of halogens is 2. The minimum atomic E-state index is -0.0288. The third-order valence-electron chi connectivity index (χ3n) is 2.40. The molecular formula is C13H13BrClNOS. The summed E-state index contributed by atoms with van der Waals surface area (Å²) in [4.78, 5) is 1.25. The van der Waals surface area contributed by atoms with E-state index in [4.69, 9.17) is 22.1 Å². The van der Waals surface area contributed by atoms with Crippen LogP contribution in [0.15, 0.2) is 40.2 Å². The fourth-order valence-electron chi connectivity index (χ4n) is 1.53. The largest absolute Gasteiger partial charge is 0.492 e. The summed E-state index contributed by atoms with van der Waals surface area (Å²) in [5.41, 5.74) is 6.05. The summed E-state index contributed by atoms with van der Waals surface area (Å²) in [6.45, 7) is 0.477. The second-order valence-electron chi connectivity index (χ2n) is 3.92. The maximum absolute atomic E-state index is 6.05. The fraction of sp³-hybridized carbons (Fsp3) is 0.231. The minimum Gasteiger partial charge on any atom is -0.492 e. The van der Waals surface area contributed by atoms with E-state index in [-0.39, 0.29) is 6.04 Å². The van der Waals surface area contributed by atoms with Crippen LogP contribution in [-0.4, -0.2) is 12.6 Å². The maximum atomic E-state index is 6.05. The van der Waals surface area contributed by atoms with Gasteiger partial charge in [0.2, 0.25) is 0 Å². The first kappa shape index (κ1) is 13.9. The Morgan fingerprint density at radius 1 is 1.39 bits per heavy atom. The average Bonchev–Trinajstić information content (AvgIpc) is 2.73. The van der Waals surface area contributed by atoms with Crippen LogP contribution in [-0.2, 0) is 6.42 Å². The smallest absolute Gasteiger partial charge is 0.120 e. The Kier molecular flexibility index (Phi) is 5.06. The number of hydrogen-bond donors (Lipinski definition) is 1. The van der Waals surface area contributed by atoms with Crippen LogP contribution >= 0.6 is 38.9 Å². The van der Waals surface area contributed by atoms with E-state index in [9.17, 15) is 0 Å². The zero-order chi connectivity index (χ0) is 13.0. The second kappa shape index (κ2) is 6.57. The molecule has 5 heteroatoms. The Balaban J connectivity index is 1.85. The highest BCUT2D eigenvalue weighted by Gasteiger charge is 2.09. The minimum absolute atomic E-state index is 0.0288. The maximum Gasteiger partial charge on any atom is 0.120 e. The van der Waals surface area contributed by atoms with Gasteiger partial charge in [0.1, 0.15) is 12.4 Å². The lowest BCUT2D eigenvalue weighted by molar-refractivity contribution is 0.288. The van der Waals surface area contributed by atoms with Crippen LogP contribution in [0.3, 0.4) is 0 Å². The molecule has 96 valence electrons. The zero-order valence-corrected chi connectivity index (χ0v) is 12.8. The molecule has 0 aliphatic heterocycles. The predicted molar refractivity (Wildman–Crippen MR) is 80.6 cm³/mol. The summed E-state index contributed by atoms with van der Waals surface area (Å²) in [6, 6.07) is 9.34. The van der Waals surface area contributed by atoms with Crippen LogP contribution in [0.5, 0.6) is 5.75 Å². The number of ether oxygens (including phenoxy) is 1. The van der Waals surface area contributed by atoms with Crippen LogP contribution in [0.1, 0.15) is 4.88 Å². The van der Waals surface area contributed by atoms with E-state index in [2.05, 4.69) is 15.9 Å². The van der Waals surface area contributed by atoms with Crippen LogP contribution in [0.4, 0.5) is 0 Å². The van der Waals surface area contributed by atoms with Gasteiger partial charge in [-0.3, -0.25) is 0 Å². The molecular weight excluding hydrogens is 334 g/mol. The van der Waals surface area contributed by atoms with Gasteiger partial charge in [0.05, 0.1) is 0 Å². The van der Waals surface area contributed by atoms with Crippen LogP contribution in [0, 0.1) is 0 Å². The Morgan fingerprint density at radius 2 is 2.22 bits per heavy atom. The summed E-state index contributed by atoms with van der Waals surface area (Å²) in [6.07, 6.45) is 0.804. The first-order chi connectivity index (χ1) is 8.65. The van der Waals surface area contributed by atoms with Crippen molar-refractivity contribution in [2.75, 3.05) is 6.61 Å². The standard InChI is InChI=1S/C13H13BrClNOS/c14-12-4-5-18-13(12)7-10(16)8-17-11-3-1-2-9(15)6-11/h1-6,10H,7-8,16H2. The molecule has 1 aromatic heterocycles. The molecule has 2 N–H and O–H groups in total. The molecule has 0 saturated carbocycles. The molecule has 1 atom stereocenters. The number of benzene rings is 1. The van der Waals surface area contributed by atoms with Gasteiger partial charge in [0.15, 0.2) is 0 Å². The van der Waals surface area contributed by atoms with E-state index < -0.39 is 0 Å². The van der Waals surface area contributed by atoms with Gasteiger partial charge >= 0.3 is 0 Å². The third kappa shape index (κ3) is 3.99. The molecule has 0 radical (unpaired) electrons. The van der Waals surface area contributed by atoms with Gasteiger partial charge in [-0.25, -0.2) is 0 Å². The number of thiophene rings is 1. The molecule has 18 heavy (non-hydrogen) atoms. The molecule has 2 rings (SSSR count). The van der Waals surface area contributed by atoms with Gasteiger partial charge in [0, 0.05) is 26.8 Å². The highest BCUT2D eigenvalue weighted by Crippen LogP contribution is 2.24. The average molecular weight is 347 g/mol. The van der Waals surface area contributed by atoms with Gasteiger partial charge < -0.3 is 10.5 Å². The van der Waals surface area contributed by atoms with Crippen LogP contribution in [0.25, 0.3) is 0 Å². The molecule has 1 unspecified atom stereocenters. The molecule has 0 bridgehead atoms. The lowest BCUT2D eigenvalue weighted by atomic mass is 10.2. The second-order valence-corrected chi connectivity index (χ2v) is 6.22. The van der Waals surface area contributed by atoms with Crippen LogP contribution < -0.4 is 10.5 Å². The molecule has 0 fully saturated rings. The SMILES string of the molecule is NC(COc1cccc(Cl)c1)Cc1sccc1Br. The number of hydrogen-bond acceptors (Lipinski definition) is 3. The van der Waals surface area contributed by atoms with E-state index in [1.54, 1.807) is 17.4 Å². The monoisotopic (exact) mass is 345 g/mol. The molecule has 1 heterocycles. The van der Waals surface area contributed by atoms with E-state index >= 15 is 0 Å². The summed E-state index contributed by atoms with van der Waals surface area (Å²) in [5.74, 6) is 0.753. The van der Waals surface area contributed by atoms with Crippen molar-refractivity contribution >= 4 is 38.9 Å². The number of nitrogens with two attached hydrogens (primary N) is 1. The first-order valence-electron chi connectivity index (χ1n) is 5.51. The summed E-state index contributed by atoms with van der Waals surface area (Å²) < 4.78 is 6.73. The predicted octanol–water partition coefficient (Wildman–Crippen LogP) is 4.11. The lowest BCUT2D eigenvalue weighted by Crippen LogP contribution is -2.29. The highest BCUT2D eigenvalue weighted by molar-refractivity contribution is 9.10. The van der Waals surface area contributed by atoms with Crippen molar-refractivity contribution in [1.29, 1.82) is 0 Å². The quantitative estimate of drug-likeness (QED) is 0.884. The first-order valence-corrected chi connectivity index (χ1v) is 7.56. The van der Waals surface area contributed by atoms with Crippen molar-refractivity contribution in [3.63, 3.8) is 0 Å². The summed E-state index contributed by atoms with van der Waals surface area (Å²) >= 11 is 11.1. The van der Waals surface area contributed by atoms with Crippen molar-refractivity contribution in [1.82, 2.24) is 0 Å². The molecule has 0 amide bonds. The molecule has 2 aromatic rings. The lowest BCUT2D eigenvalue weighted by Gasteiger charge is -2.12. The van der Waals surface area contributed by atoms with Gasteiger partial charge in [-0.05, 0) is 45.6 Å². The molecule has 0 saturated heterocycles. The molecule has 1 aromatic carbocycles. The molecule has 2 nitrogen and oxygen atoms in total. The molecule has 0 aliphatic rings. The van der Waals surface area contributed by atoms with E-state index in [1.165, 1.54) is 4.88 Å². The highest BCUT2D eigenvalue weighted by atomic mass is 79.9. The molecule has 0 aliphatic carbocycles.